The van der Waals surface area contributed by atoms with Gasteiger partial charge in [-0.15, -0.1) is 23.4 Å². The number of ether oxygens (including phenoxy) is 1. The lowest BCUT2D eigenvalue weighted by Gasteiger charge is -2.21. The second kappa shape index (κ2) is 8.61. The van der Waals surface area contributed by atoms with Gasteiger partial charge in [-0.1, -0.05) is 17.7 Å². The van der Waals surface area contributed by atoms with Crippen LogP contribution < -0.4 is 9.88 Å². The molecule has 0 aliphatic heterocycles. The Morgan fingerprint density at radius 2 is 1.97 bits per heavy atom. The van der Waals surface area contributed by atoms with Gasteiger partial charge in [0.2, 0.25) is 15.8 Å². The van der Waals surface area contributed by atoms with Crippen LogP contribution in [0.25, 0.3) is 11.5 Å². The van der Waals surface area contributed by atoms with Gasteiger partial charge in [0.05, 0.1) is 18.0 Å². The van der Waals surface area contributed by atoms with Gasteiger partial charge < -0.3 is 9.84 Å². The van der Waals surface area contributed by atoms with E-state index in [2.05, 4.69) is 25.1 Å². The standard InChI is InChI=1S/C17H16ClF3N6O4S/c1-16(28,9-32(22,29)30)14-4-2-3-13(23-14)15-24-26-27(25-15)8-10-7-11(5-6-12(10)18)31-17(19,20)21/h2-7,28H,8-9H2,1H3,(H2,22,29,30)/t16-/m0/s1. The Labute approximate surface area is 184 Å². The van der Waals surface area contributed by atoms with Crippen molar-refractivity contribution < 1.29 is 31.4 Å². The van der Waals surface area contributed by atoms with Crippen molar-refractivity contribution in [3.8, 4) is 17.3 Å². The minimum Gasteiger partial charge on any atom is -0.406 e. The number of nitrogens with two attached hydrogens (primary N) is 1. The summed E-state index contributed by atoms with van der Waals surface area (Å²) >= 11 is 6.04. The maximum Gasteiger partial charge on any atom is 0.573 e. The van der Waals surface area contributed by atoms with Crippen LogP contribution in [0.1, 0.15) is 18.2 Å². The molecule has 0 saturated carbocycles. The van der Waals surface area contributed by atoms with E-state index in [9.17, 15) is 26.7 Å². The molecule has 0 bridgehead atoms. The molecule has 3 N–H and O–H groups in total. The fourth-order valence-corrected chi connectivity index (χ4v) is 3.87. The molecule has 0 unspecified atom stereocenters. The van der Waals surface area contributed by atoms with Crippen molar-refractivity contribution in [1.29, 1.82) is 0 Å². The lowest BCUT2D eigenvalue weighted by atomic mass is 10.0. The number of tetrazole rings is 1. The lowest BCUT2D eigenvalue weighted by molar-refractivity contribution is -0.274. The highest BCUT2D eigenvalue weighted by atomic mass is 35.5. The van der Waals surface area contributed by atoms with Gasteiger partial charge in [0.15, 0.2) is 0 Å². The van der Waals surface area contributed by atoms with Crippen LogP contribution in [-0.4, -0.2) is 50.8 Å². The van der Waals surface area contributed by atoms with Crippen molar-refractivity contribution in [1.82, 2.24) is 25.2 Å². The molecule has 15 heteroatoms. The zero-order valence-electron chi connectivity index (χ0n) is 16.3. The molecule has 0 aliphatic carbocycles. The maximum absolute atomic E-state index is 12.4. The van der Waals surface area contributed by atoms with E-state index < -0.39 is 33.5 Å². The van der Waals surface area contributed by atoms with Gasteiger partial charge in [-0.3, -0.25) is 0 Å². The van der Waals surface area contributed by atoms with Gasteiger partial charge in [0.1, 0.15) is 17.0 Å². The smallest absolute Gasteiger partial charge is 0.406 e. The third-order valence-corrected chi connectivity index (χ3v) is 5.36. The molecule has 0 spiro atoms. The second-order valence-electron chi connectivity index (χ2n) is 6.93. The highest BCUT2D eigenvalue weighted by Gasteiger charge is 2.32. The first-order valence-corrected chi connectivity index (χ1v) is 10.8. The zero-order valence-corrected chi connectivity index (χ0v) is 17.9. The third-order valence-electron chi connectivity index (χ3n) is 4.03. The summed E-state index contributed by atoms with van der Waals surface area (Å²) in [6.07, 6.45) is -4.86. The summed E-state index contributed by atoms with van der Waals surface area (Å²) in [5, 5.41) is 27.4. The van der Waals surface area contributed by atoms with E-state index in [4.69, 9.17) is 16.7 Å². The Hall–Kier alpha value is -2.81. The molecule has 1 aromatic carbocycles. The van der Waals surface area contributed by atoms with Gasteiger partial charge in [0, 0.05) is 5.02 Å². The van der Waals surface area contributed by atoms with Crippen molar-refractivity contribution in [3.63, 3.8) is 0 Å². The minimum atomic E-state index is -4.86. The molecule has 0 saturated heterocycles. The highest BCUT2D eigenvalue weighted by molar-refractivity contribution is 7.89. The van der Waals surface area contributed by atoms with Crippen molar-refractivity contribution in [3.05, 3.63) is 52.7 Å². The molecule has 0 fully saturated rings. The number of pyridine rings is 1. The fourth-order valence-electron chi connectivity index (χ4n) is 2.76. The summed E-state index contributed by atoms with van der Waals surface area (Å²) in [4.78, 5) is 5.25. The number of nitrogens with zero attached hydrogens (tertiary/aromatic N) is 5. The Bertz CT molecular complexity index is 1230. The first-order valence-electron chi connectivity index (χ1n) is 8.75. The zero-order chi connectivity index (χ0) is 23.7. The largest absolute Gasteiger partial charge is 0.573 e. The Kier molecular flexibility index (Phi) is 6.42. The summed E-state index contributed by atoms with van der Waals surface area (Å²) in [6, 6.07) is 7.83. The van der Waals surface area contributed by atoms with Crippen LogP contribution in [-0.2, 0) is 22.2 Å². The van der Waals surface area contributed by atoms with Crippen LogP contribution in [0.4, 0.5) is 13.2 Å². The average Bonchev–Trinajstić information content (AvgIpc) is 3.10. The molecular formula is C17H16ClF3N6O4S. The van der Waals surface area contributed by atoms with Gasteiger partial charge in [0.25, 0.3) is 0 Å². The number of halogens is 4. The van der Waals surface area contributed by atoms with Crippen LogP contribution in [0.15, 0.2) is 36.4 Å². The summed E-state index contributed by atoms with van der Waals surface area (Å²) in [7, 11) is -3.99. The summed E-state index contributed by atoms with van der Waals surface area (Å²) < 4.78 is 63.9. The van der Waals surface area contributed by atoms with Gasteiger partial charge in [-0.05, 0) is 48.0 Å². The van der Waals surface area contributed by atoms with E-state index in [1.807, 2.05) is 0 Å². The highest BCUT2D eigenvalue weighted by Crippen LogP contribution is 2.28. The minimum absolute atomic E-state index is 0.0143. The van der Waals surface area contributed by atoms with Crippen LogP contribution in [0.2, 0.25) is 5.02 Å². The molecule has 1 atom stereocenters. The fraction of sp³-hybridized carbons (Fsp3) is 0.294. The quantitative estimate of drug-likeness (QED) is 0.508. The van der Waals surface area contributed by atoms with Gasteiger partial charge >= 0.3 is 6.36 Å². The number of primary sulfonamides is 1. The van der Waals surface area contributed by atoms with E-state index in [1.54, 1.807) is 0 Å². The van der Waals surface area contributed by atoms with Crippen LogP contribution in [0, 0.1) is 0 Å². The molecule has 172 valence electrons. The Morgan fingerprint density at radius 1 is 1.25 bits per heavy atom. The predicted octanol–water partition coefficient (Wildman–Crippen LogP) is 1.83. The third kappa shape index (κ3) is 6.35. The van der Waals surface area contributed by atoms with E-state index in [1.165, 1.54) is 31.2 Å². The van der Waals surface area contributed by atoms with E-state index in [0.717, 1.165) is 16.9 Å². The lowest BCUT2D eigenvalue weighted by Crippen LogP contribution is -2.35. The van der Waals surface area contributed by atoms with Gasteiger partial charge in [-0.2, -0.15) is 4.80 Å². The summed E-state index contributed by atoms with van der Waals surface area (Å²) in [6.45, 7) is 1.12. The number of rotatable bonds is 7. The number of alkyl halides is 3. The first kappa shape index (κ1) is 23.8. The Balaban J connectivity index is 1.84. The Morgan fingerprint density at radius 3 is 2.62 bits per heavy atom. The topological polar surface area (TPSA) is 146 Å². The van der Waals surface area contributed by atoms with Crippen molar-refractivity contribution in [2.75, 3.05) is 5.75 Å². The van der Waals surface area contributed by atoms with Gasteiger partial charge in [-0.25, -0.2) is 18.5 Å². The molecule has 10 nitrogen and oxygen atoms in total. The number of aliphatic hydroxyl groups is 1. The van der Waals surface area contributed by atoms with Crippen LogP contribution in [0.5, 0.6) is 5.75 Å². The number of aromatic nitrogens is 5. The van der Waals surface area contributed by atoms with E-state index >= 15 is 0 Å². The monoisotopic (exact) mass is 492 g/mol. The molecule has 0 aliphatic rings. The number of benzene rings is 1. The van der Waals surface area contributed by atoms with Crippen LogP contribution in [0.3, 0.4) is 0 Å². The number of hydrogen-bond acceptors (Lipinski definition) is 8. The van der Waals surface area contributed by atoms with Crippen LogP contribution >= 0.6 is 11.6 Å². The second-order valence-corrected chi connectivity index (χ2v) is 8.96. The van der Waals surface area contributed by atoms with E-state index in [-0.39, 0.29) is 34.3 Å². The molecule has 2 aromatic heterocycles. The molecule has 32 heavy (non-hydrogen) atoms. The van der Waals surface area contributed by atoms with Crippen molar-refractivity contribution in [2.45, 2.75) is 25.4 Å². The average molecular weight is 493 g/mol. The number of hydrogen-bond donors (Lipinski definition) is 2. The van der Waals surface area contributed by atoms with E-state index in [0.29, 0.717) is 0 Å². The molecule has 0 amide bonds. The van der Waals surface area contributed by atoms with Crippen molar-refractivity contribution in [2.24, 2.45) is 5.14 Å². The maximum atomic E-state index is 12.4. The SMILES string of the molecule is C[C@](O)(CS(N)(=O)=O)c1cccc(-c2nnn(Cc3cc(OC(F)(F)F)ccc3Cl)n2)n1. The summed E-state index contributed by atoms with van der Waals surface area (Å²) in [5.74, 6) is -1.19. The summed E-state index contributed by atoms with van der Waals surface area (Å²) in [5.41, 5.74) is -1.44. The normalized spacial score (nSPS) is 14.2. The molecular weight excluding hydrogens is 477 g/mol. The molecule has 3 aromatic rings. The first-order chi connectivity index (χ1) is 14.7. The predicted molar refractivity (Wildman–Crippen MR) is 106 cm³/mol. The molecule has 3 rings (SSSR count). The molecule has 2 heterocycles. The molecule has 0 radical (unpaired) electrons. The number of sulfonamides is 1. The van der Waals surface area contributed by atoms with Crippen molar-refractivity contribution >= 4 is 21.6 Å².